The van der Waals surface area contributed by atoms with Crippen molar-refractivity contribution in [2.45, 2.75) is 74.9 Å². The number of halogens is 3. The first-order valence-electron chi connectivity index (χ1n) is 16.2. The highest BCUT2D eigenvalue weighted by Gasteiger charge is 2.31. The second-order valence-corrected chi connectivity index (χ2v) is 15.4. The SMILES string of the molecule is CCOC(=O)C(C)(C)Sc1ccc(OCc2sc(-c3ccc(C(F)(F)F)cc3)nc2CN2CCC(c3ccc4c(c3)CCO4)CC2)cc1. The van der Waals surface area contributed by atoms with Gasteiger partial charge in [0, 0.05) is 23.4 Å². The van der Waals surface area contributed by atoms with Gasteiger partial charge in [-0.05, 0) is 106 Å². The van der Waals surface area contributed by atoms with Crippen LogP contribution in [0.5, 0.6) is 11.5 Å². The van der Waals surface area contributed by atoms with Crippen LogP contribution in [0.4, 0.5) is 13.2 Å². The van der Waals surface area contributed by atoms with Crippen LogP contribution in [0.15, 0.2) is 71.6 Å². The van der Waals surface area contributed by atoms with Gasteiger partial charge in [0.05, 0.1) is 29.3 Å². The lowest BCUT2D eigenvalue weighted by Crippen LogP contribution is -2.32. The third-order valence-corrected chi connectivity index (χ3v) is 11.0. The van der Waals surface area contributed by atoms with Crippen molar-refractivity contribution in [1.29, 1.82) is 0 Å². The zero-order chi connectivity index (χ0) is 33.9. The zero-order valence-corrected chi connectivity index (χ0v) is 28.9. The van der Waals surface area contributed by atoms with Crippen molar-refractivity contribution in [3.8, 4) is 22.1 Å². The lowest BCUT2D eigenvalue weighted by molar-refractivity contribution is -0.145. The van der Waals surface area contributed by atoms with Gasteiger partial charge in [-0.25, -0.2) is 4.98 Å². The highest BCUT2D eigenvalue weighted by molar-refractivity contribution is 8.01. The number of aromatic nitrogens is 1. The molecule has 0 unspecified atom stereocenters. The fraction of sp³-hybridized carbons (Fsp3) is 0.405. The number of benzene rings is 3. The van der Waals surface area contributed by atoms with Crippen molar-refractivity contribution in [3.05, 3.63) is 94.0 Å². The number of hydrogen-bond donors (Lipinski definition) is 0. The summed E-state index contributed by atoms with van der Waals surface area (Å²) in [5, 5.41) is 0.667. The van der Waals surface area contributed by atoms with E-state index < -0.39 is 16.5 Å². The standard InChI is InChI=1S/C37H39F3N2O4S2/c1-4-44-35(43)36(2,3)48-30-12-10-29(11-13-30)46-23-33-31(41-34(47-33)25-5-8-28(9-6-25)37(38,39)40)22-42-18-15-24(16-19-42)26-7-14-32-27(21-26)17-20-45-32/h5-14,21,24H,4,15-20,22-23H2,1-3H3. The quantitative estimate of drug-likeness (QED) is 0.115. The number of nitrogens with zero attached hydrogens (tertiary/aromatic N) is 2. The van der Waals surface area contributed by atoms with Gasteiger partial charge in [-0.2, -0.15) is 13.2 Å². The number of hydrogen-bond acceptors (Lipinski definition) is 8. The molecule has 0 radical (unpaired) electrons. The van der Waals surface area contributed by atoms with Gasteiger partial charge in [-0.15, -0.1) is 23.1 Å². The molecule has 0 atom stereocenters. The Kier molecular flexibility index (Phi) is 10.4. The first-order valence-corrected chi connectivity index (χ1v) is 17.8. The fourth-order valence-corrected chi connectivity index (χ4v) is 8.03. The highest BCUT2D eigenvalue weighted by atomic mass is 32.2. The topological polar surface area (TPSA) is 60.9 Å². The number of thioether (sulfide) groups is 1. The molecule has 254 valence electrons. The normalized spacial score (nSPS) is 15.6. The molecule has 6 nitrogen and oxygen atoms in total. The summed E-state index contributed by atoms with van der Waals surface area (Å²) in [6.45, 7) is 9.32. The molecule has 1 fully saturated rings. The molecule has 11 heteroatoms. The molecule has 0 bridgehead atoms. The van der Waals surface area contributed by atoms with Crippen LogP contribution in [0.1, 0.15) is 66.8 Å². The van der Waals surface area contributed by atoms with Crippen LogP contribution in [0.3, 0.4) is 0 Å². The molecule has 0 spiro atoms. The molecule has 0 N–H and O–H groups in total. The van der Waals surface area contributed by atoms with Crippen molar-refractivity contribution in [2.24, 2.45) is 0 Å². The lowest BCUT2D eigenvalue weighted by Gasteiger charge is -2.32. The molecule has 0 aliphatic carbocycles. The molecule has 3 heterocycles. The Balaban J connectivity index is 1.14. The predicted molar refractivity (Wildman–Crippen MR) is 183 cm³/mol. The van der Waals surface area contributed by atoms with Gasteiger partial charge in [0.1, 0.15) is 27.9 Å². The van der Waals surface area contributed by atoms with Crippen molar-refractivity contribution in [2.75, 3.05) is 26.3 Å². The minimum Gasteiger partial charge on any atom is -0.493 e. The van der Waals surface area contributed by atoms with Crippen LogP contribution in [-0.4, -0.2) is 46.9 Å². The first-order chi connectivity index (χ1) is 23.0. The number of rotatable bonds is 11. The Morgan fingerprint density at radius 1 is 1.04 bits per heavy atom. The molecule has 48 heavy (non-hydrogen) atoms. The molecular formula is C37H39F3N2O4S2. The first kappa shape index (κ1) is 34.3. The van der Waals surface area contributed by atoms with E-state index in [0.717, 1.165) is 72.3 Å². The molecule has 0 amide bonds. The van der Waals surface area contributed by atoms with E-state index >= 15 is 0 Å². The lowest BCUT2D eigenvalue weighted by atomic mass is 9.88. The van der Waals surface area contributed by atoms with Crippen molar-refractivity contribution >= 4 is 29.1 Å². The molecule has 3 aromatic carbocycles. The Hall–Kier alpha value is -3.54. The third kappa shape index (κ3) is 8.18. The maximum atomic E-state index is 13.2. The van der Waals surface area contributed by atoms with Gasteiger partial charge in [0.2, 0.25) is 0 Å². The van der Waals surface area contributed by atoms with Crippen LogP contribution in [0, 0.1) is 0 Å². The van der Waals surface area contributed by atoms with Crippen LogP contribution in [-0.2, 0) is 35.3 Å². The summed E-state index contributed by atoms with van der Waals surface area (Å²) in [5.74, 6) is 1.91. The Labute approximate surface area is 287 Å². The average molecular weight is 697 g/mol. The summed E-state index contributed by atoms with van der Waals surface area (Å²) in [5.41, 5.74) is 3.52. The zero-order valence-electron chi connectivity index (χ0n) is 27.3. The van der Waals surface area contributed by atoms with Crippen LogP contribution >= 0.6 is 23.1 Å². The van der Waals surface area contributed by atoms with E-state index in [9.17, 15) is 18.0 Å². The van der Waals surface area contributed by atoms with Crippen LogP contribution in [0.2, 0.25) is 0 Å². The molecule has 6 rings (SSSR count). The van der Waals surface area contributed by atoms with E-state index in [1.165, 1.54) is 46.4 Å². The van der Waals surface area contributed by atoms with Crippen molar-refractivity contribution in [1.82, 2.24) is 9.88 Å². The van der Waals surface area contributed by atoms with E-state index in [4.69, 9.17) is 19.2 Å². The number of esters is 1. The number of carbonyl (C=O) groups excluding carboxylic acids is 1. The van der Waals surface area contributed by atoms with E-state index in [1.807, 2.05) is 38.1 Å². The Morgan fingerprint density at radius 2 is 1.77 bits per heavy atom. The molecule has 1 aromatic heterocycles. The van der Waals surface area contributed by atoms with Crippen LogP contribution < -0.4 is 9.47 Å². The molecule has 1 saturated heterocycles. The summed E-state index contributed by atoms with van der Waals surface area (Å²) in [7, 11) is 0. The summed E-state index contributed by atoms with van der Waals surface area (Å²) in [6, 6.07) is 19.4. The van der Waals surface area contributed by atoms with Gasteiger partial charge in [0.15, 0.2) is 0 Å². The minimum atomic E-state index is -4.39. The van der Waals surface area contributed by atoms with Gasteiger partial charge in [-0.1, -0.05) is 24.3 Å². The van der Waals surface area contributed by atoms with Crippen molar-refractivity contribution < 1.29 is 32.2 Å². The summed E-state index contributed by atoms with van der Waals surface area (Å²) < 4.78 is 56.0. The fourth-order valence-electron chi connectivity index (χ4n) is 6.04. The number of alkyl halides is 3. The summed E-state index contributed by atoms with van der Waals surface area (Å²) in [6.07, 6.45) is -1.35. The number of thiazole rings is 1. The third-order valence-electron chi connectivity index (χ3n) is 8.72. The molecule has 4 aromatic rings. The predicted octanol–water partition coefficient (Wildman–Crippen LogP) is 9.16. The Bertz CT molecular complexity index is 1710. The number of likely N-dealkylation sites (tertiary alicyclic amines) is 1. The van der Waals surface area contributed by atoms with Crippen molar-refractivity contribution in [3.63, 3.8) is 0 Å². The van der Waals surface area contributed by atoms with Crippen LogP contribution in [0.25, 0.3) is 10.6 Å². The Morgan fingerprint density at radius 3 is 2.46 bits per heavy atom. The second kappa shape index (κ2) is 14.5. The van der Waals surface area contributed by atoms with Gasteiger partial charge >= 0.3 is 12.1 Å². The monoisotopic (exact) mass is 696 g/mol. The smallest absolute Gasteiger partial charge is 0.416 e. The summed E-state index contributed by atoms with van der Waals surface area (Å²) in [4.78, 5) is 21.5. The van der Waals surface area contributed by atoms with E-state index in [0.29, 0.717) is 35.4 Å². The van der Waals surface area contributed by atoms with E-state index in [1.54, 1.807) is 6.92 Å². The molecular weight excluding hydrogens is 658 g/mol. The largest absolute Gasteiger partial charge is 0.493 e. The number of ether oxygens (including phenoxy) is 3. The number of fused-ring (bicyclic) bond motifs is 1. The maximum Gasteiger partial charge on any atom is 0.416 e. The molecule has 2 aliphatic heterocycles. The van der Waals surface area contributed by atoms with E-state index in [2.05, 4.69) is 23.1 Å². The summed E-state index contributed by atoms with van der Waals surface area (Å²) >= 11 is 2.88. The van der Waals surface area contributed by atoms with E-state index in [-0.39, 0.29) is 12.6 Å². The van der Waals surface area contributed by atoms with Gasteiger partial charge < -0.3 is 14.2 Å². The van der Waals surface area contributed by atoms with Gasteiger partial charge in [0.25, 0.3) is 0 Å². The number of piperidine rings is 1. The number of carbonyl (C=O) groups is 1. The maximum absolute atomic E-state index is 13.2. The minimum absolute atomic E-state index is 0.264. The second-order valence-electron chi connectivity index (χ2n) is 12.6. The average Bonchev–Trinajstić information content (AvgIpc) is 3.71. The molecule has 2 aliphatic rings. The molecule has 0 saturated carbocycles. The van der Waals surface area contributed by atoms with Gasteiger partial charge in [-0.3, -0.25) is 9.69 Å². The highest BCUT2D eigenvalue weighted by Crippen LogP contribution is 2.37.